The topological polar surface area (TPSA) is 74.7 Å². The van der Waals surface area contributed by atoms with Crippen LogP contribution in [0.2, 0.25) is 0 Å². The third kappa shape index (κ3) is 2.55. The standard InChI is InChI=1S/C13H16FNO4S/c1-8-3-4-15(7-8)20(18,19)12-6-10(13(16)17)5-11(14)9(12)2/h5-6,8H,3-4,7H2,1-2H3,(H,16,17). The molecule has 1 N–H and O–H groups in total. The van der Waals surface area contributed by atoms with E-state index in [4.69, 9.17) is 5.11 Å². The van der Waals surface area contributed by atoms with Gasteiger partial charge in [0.25, 0.3) is 0 Å². The van der Waals surface area contributed by atoms with Gasteiger partial charge in [0.2, 0.25) is 10.0 Å². The fourth-order valence-electron chi connectivity index (χ4n) is 2.30. The highest BCUT2D eigenvalue weighted by atomic mass is 32.2. The van der Waals surface area contributed by atoms with Crippen LogP contribution in [0, 0.1) is 18.7 Å². The van der Waals surface area contributed by atoms with Crippen molar-refractivity contribution in [3.8, 4) is 0 Å². The van der Waals surface area contributed by atoms with Crippen LogP contribution in [0.4, 0.5) is 4.39 Å². The molecule has 1 heterocycles. The lowest BCUT2D eigenvalue weighted by atomic mass is 10.1. The predicted octanol–water partition coefficient (Wildman–Crippen LogP) is 1.86. The fraction of sp³-hybridized carbons (Fsp3) is 0.462. The Balaban J connectivity index is 2.54. The molecule has 1 aromatic carbocycles. The summed E-state index contributed by atoms with van der Waals surface area (Å²) in [6, 6.07) is 1.86. The number of aromatic carboxylic acids is 1. The Bertz CT molecular complexity index is 657. The highest BCUT2D eigenvalue weighted by Crippen LogP contribution is 2.28. The summed E-state index contributed by atoms with van der Waals surface area (Å²) in [5.41, 5.74) is -0.409. The van der Waals surface area contributed by atoms with Crippen LogP contribution in [0.1, 0.15) is 29.3 Å². The molecule has 1 atom stereocenters. The molecule has 1 unspecified atom stereocenters. The Labute approximate surface area is 117 Å². The molecule has 110 valence electrons. The van der Waals surface area contributed by atoms with Gasteiger partial charge in [0, 0.05) is 18.7 Å². The lowest BCUT2D eigenvalue weighted by molar-refractivity contribution is 0.0696. The molecular formula is C13H16FNO4S. The first-order chi connectivity index (χ1) is 9.23. The molecule has 1 aliphatic heterocycles. The van der Waals surface area contributed by atoms with E-state index in [9.17, 15) is 17.6 Å². The molecule has 0 amide bonds. The van der Waals surface area contributed by atoms with Crippen LogP contribution in [0.5, 0.6) is 0 Å². The van der Waals surface area contributed by atoms with Gasteiger partial charge in [-0.15, -0.1) is 0 Å². The lowest BCUT2D eigenvalue weighted by Gasteiger charge is -2.18. The summed E-state index contributed by atoms with van der Waals surface area (Å²) < 4.78 is 40.0. The number of nitrogens with zero attached hydrogens (tertiary/aromatic N) is 1. The summed E-state index contributed by atoms with van der Waals surface area (Å²) >= 11 is 0. The maximum Gasteiger partial charge on any atom is 0.335 e. The normalized spacial score (nSPS) is 20.2. The van der Waals surface area contributed by atoms with Gasteiger partial charge >= 0.3 is 5.97 Å². The molecule has 1 aliphatic rings. The largest absolute Gasteiger partial charge is 0.478 e. The molecule has 1 fully saturated rings. The Morgan fingerprint density at radius 1 is 1.45 bits per heavy atom. The van der Waals surface area contributed by atoms with Crippen LogP contribution in [0.15, 0.2) is 17.0 Å². The van der Waals surface area contributed by atoms with Crippen molar-refractivity contribution in [2.24, 2.45) is 5.92 Å². The molecule has 2 rings (SSSR count). The number of benzene rings is 1. The highest BCUT2D eigenvalue weighted by molar-refractivity contribution is 7.89. The number of halogens is 1. The van der Waals surface area contributed by atoms with Crippen molar-refractivity contribution >= 4 is 16.0 Å². The molecule has 0 bridgehead atoms. The van der Waals surface area contributed by atoms with Gasteiger partial charge in [0.1, 0.15) is 5.82 Å². The van der Waals surface area contributed by atoms with E-state index in [0.29, 0.717) is 13.1 Å². The van der Waals surface area contributed by atoms with E-state index >= 15 is 0 Å². The molecule has 1 aromatic rings. The van der Waals surface area contributed by atoms with Gasteiger partial charge in [0.15, 0.2) is 0 Å². The second-order valence-corrected chi connectivity index (χ2v) is 7.05. The van der Waals surface area contributed by atoms with Gasteiger partial charge in [-0.05, 0) is 31.4 Å². The van der Waals surface area contributed by atoms with E-state index in [1.54, 1.807) is 0 Å². The summed E-state index contributed by atoms with van der Waals surface area (Å²) in [5, 5.41) is 8.92. The van der Waals surface area contributed by atoms with Crippen LogP contribution >= 0.6 is 0 Å². The molecule has 0 aliphatic carbocycles. The van der Waals surface area contributed by atoms with Crippen LogP contribution in [-0.2, 0) is 10.0 Å². The summed E-state index contributed by atoms with van der Waals surface area (Å²) in [6.45, 7) is 4.03. The maximum absolute atomic E-state index is 13.7. The van der Waals surface area contributed by atoms with Gasteiger partial charge in [-0.1, -0.05) is 6.92 Å². The zero-order chi connectivity index (χ0) is 15.1. The summed E-state index contributed by atoms with van der Waals surface area (Å²) in [4.78, 5) is 10.7. The van der Waals surface area contributed by atoms with E-state index in [1.165, 1.54) is 11.2 Å². The molecular weight excluding hydrogens is 285 g/mol. The second-order valence-electron chi connectivity index (χ2n) is 5.14. The molecule has 20 heavy (non-hydrogen) atoms. The highest BCUT2D eigenvalue weighted by Gasteiger charge is 2.32. The van der Waals surface area contributed by atoms with E-state index in [-0.39, 0.29) is 21.9 Å². The number of carbonyl (C=O) groups is 1. The first kappa shape index (κ1) is 14.9. The average molecular weight is 301 g/mol. The van der Waals surface area contributed by atoms with Crippen LogP contribution < -0.4 is 0 Å². The smallest absolute Gasteiger partial charge is 0.335 e. The summed E-state index contributed by atoms with van der Waals surface area (Å²) in [7, 11) is -3.85. The molecule has 0 radical (unpaired) electrons. The Morgan fingerprint density at radius 3 is 2.60 bits per heavy atom. The number of hydrogen-bond acceptors (Lipinski definition) is 3. The Morgan fingerprint density at radius 2 is 2.10 bits per heavy atom. The molecule has 0 spiro atoms. The third-order valence-corrected chi connectivity index (χ3v) is 5.54. The molecule has 0 aromatic heterocycles. The van der Waals surface area contributed by atoms with Crippen molar-refractivity contribution in [2.45, 2.75) is 25.2 Å². The first-order valence-electron chi connectivity index (χ1n) is 6.27. The summed E-state index contributed by atoms with van der Waals surface area (Å²) in [6.07, 6.45) is 0.749. The van der Waals surface area contributed by atoms with Crippen LogP contribution in [0.3, 0.4) is 0 Å². The van der Waals surface area contributed by atoms with E-state index < -0.39 is 21.8 Å². The Hall–Kier alpha value is -1.47. The number of sulfonamides is 1. The number of carboxylic acid groups (broad SMARTS) is 1. The minimum Gasteiger partial charge on any atom is -0.478 e. The number of hydrogen-bond donors (Lipinski definition) is 1. The van der Waals surface area contributed by atoms with E-state index in [2.05, 4.69) is 0 Å². The molecule has 1 saturated heterocycles. The van der Waals surface area contributed by atoms with Crippen LogP contribution in [0.25, 0.3) is 0 Å². The average Bonchev–Trinajstić information content (AvgIpc) is 2.79. The SMILES string of the molecule is Cc1c(F)cc(C(=O)O)cc1S(=O)(=O)N1CCC(C)C1. The number of rotatable bonds is 3. The van der Waals surface area contributed by atoms with E-state index in [0.717, 1.165) is 18.6 Å². The van der Waals surface area contributed by atoms with Crippen molar-refractivity contribution in [2.75, 3.05) is 13.1 Å². The monoisotopic (exact) mass is 301 g/mol. The van der Waals surface area contributed by atoms with Crippen molar-refractivity contribution in [3.05, 3.63) is 29.1 Å². The molecule has 7 heteroatoms. The second kappa shape index (κ2) is 5.14. The fourth-order valence-corrected chi connectivity index (χ4v) is 4.13. The minimum absolute atomic E-state index is 0.0467. The predicted molar refractivity (Wildman–Crippen MR) is 70.6 cm³/mol. The van der Waals surface area contributed by atoms with Gasteiger partial charge in [-0.3, -0.25) is 0 Å². The maximum atomic E-state index is 13.7. The van der Waals surface area contributed by atoms with Gasteiger partial charge in [-0.25, -0.2) is 17.6 Å². The third-order valence-electron chi connectivity index (χ3n) is 3.55. The van der Waals surface area contributed by atoms with Crippen molar-refractivity contribution in [1.82, 2.24) is 4.31 Å². The molecule has 0 saturated carbocycles. The zero-order valence-electron chi connectivity index (χ0n) is 11.3. The zero-order valence-corrected chi connectivity index (χ0v) is 12.1. The minimum atomic E-state index is -3.85. The molecule has 5 nitrogen and oxygen atoms in total. The van der Waals surface area contributed by atoms with Crippen LogP contribution in [-0.4, -0.2) is 36.9 Å². The van der Waals surface area contributed by atoms with Gasteiger partial charge < -0.3 is 5.11 Å². The van der Waals surface area contributed by atoms with Gasteiger partial charge in [-0.2, -0.15) is 4.31 Å². The van der Waals surface area contributed by atoms with Crippen molar-refractivity contribution in [1.29, 1.82) is 0 Å². The Kier molecular flexibility index (Phi) is 3.84. The lowest BCUT2D eigenvalue weighted by Crippen LogP contribution is -2.29. The van der Waals surface area contributed by atoms with Crippen molar-refractivity contribution < 1.29 is 22.7 Å². The van der Waals surface area contributed by atoms with Crippen molar-refractivity contribution in [3.63, 3.8) is 0 Å². The first-order valence-corrected chi connectivity index (χ1v) is 7.71. The van der Waals surface area contributed by atoms with Gasteiger partial charge in [0.05, 0.1) is 10.5 Å². The quantitative estimate of drug-likeness (QED) is 0.924. The number of carboxylic acids is 1. The summed E-state index contributed by atoms with van der Waals surface area (Å²) in [5.74, 6) is -1.93. The van der Waals surface area contributed by atoms with E-state index in [1.807, 2.05) is 6.92 Å².